The number of piperidine rings is 1. The van der Waals surface area contributed by atoms with Crippen molar-refractivity contribution in [2.75, 3.05) is 13.1 Å². The number of carboxylic acids is 1. The topological polar surface area (TPSA) is 53.4 Å². The van der Waals surface area contributed by atoms with Gasteiger partial charge in [-0.2, -0.15) is 0 Å². The van der Waals surface area contributed by atoms with Gasteiger partial charge in [0.25, 0.3) is 0 Å². The van der Waals surface area contributed by atoms with Crippen molar-refractivity contribution in [3.8, 4) is 0 Å². The normalized spacial score (nSPS) is 19.9. The number of hydrogen-bond acceptors (Lipinski definition) is 4. The van der Waals surface area contributed by atoms with Gasteiger partial charge >= 0.3 is 5.97 Å². The van der Waals surface area contributed by atoms with Gasteiger partial charge in [-0.3, -0.25) is 9.69 Å². The molecule has 2 aromatic rings. The Labute approximate surface area is 151 Å². The number of nitrogens with zero attached hydrogens (tertiary/aromatic N) is 2. The van der Waals surface area contributed by atoms with E-state index in [1.807, 2.05) is 4.90 Å². The highest BCUT2D eigenvalue weighted by molar-refractivity contribution is 7.09. The fraction of sp³-hybridized carbons (Fsp3) is 0.474. The van der Waals surface area contributed by atoms with E-state index in [1.165, 1.54) is 12.1 Å². The zero-order valence-electron chi connectivity index (χ0n) is 14.5. The Balaban J connectivity index is 1.80. The lowest BCUT2D eigenvalue weighted by molar-refractivity contribution is -0.144. The maximum Gasteiger partial charge on any atom is 0.325 e. The molecule has 0 spiro atoms. The summed E-state index contributed by atoms with van der Waals surface area (Å²) in [5.41, 5.74) is 1.72. The maximum atomic E-state index is 13.2. The van der Waals surface area contributed by atoms with Crippen LogP contribution in [0.2, 0.25) is 0 Å². The van der Waals surface area contributed by atoms with E-state index < -0.39 is 12.0 Å². The van der Waals surface area contributed by atoms with Gasteiger partial charge in [0, 0.05) is 17.8 Å². The summed E-state index contributed by atoms with van der Waals surface area (Å²) in [5.74, 6) is -0.591. The summed E-state index contributed by atoms with van der Waals surface area (Å²) in [6.07, 6.45) is 1.96. The number of carbonyl (C=O) groups is 1. The highest BCUT2D eigenvalue weighted by Crippen LogP contribution is 2.34. The van der Waals surface area contributed by atoms with Gasteiger partial charge in [-0.25, -0.2) is 9.37 Å². The number of aliphatic carboxylic acids is 1. The molecule has 0 radical (unpaired) electrons. The number of aromatic nitrogens is 1. The number of thiazole rings is 1. The van der Waals surface area contributed by atoms with Crippen LogP contribution in [-0.4, -0.2) is 34.0 Å². The first-order valence-electron chi connectivity index (χ1n) is 8.63. The van der Waals surface area contributed by atoms with Gasteiger partial charge in [0.15, 0.2) is 0 Å². The lowest BCUT2D eigenvalue weighted by atomic mass is 9.95. The zero-order valence-corrected chi connectivity index (χ0v) is 15.3. The van der Waals surface area contributed by atoms with E-state index in [0.29, 0.717) is 18.0 Å². The molecule has 1 aromatic carbocycles. The standard InChI is InChI=1S/C19H23FN2O2S/c1-12(2)16-11-25-18(21-16)14-4-3-9-22(10-14)17(19(23)24)13-5-7-15(20)8-6-13/h5-8,11-12,14,17H,3-4,9-10H2,1-2H3,(H,23,24). The van der Waals surface area contributed by atoms with Gasteiger partial charge < -0.3 is 5.11 Å². The molecule has 2 atom stereocenters. The van der Waals surface area contributed by atoms with E-state index in [4.69, 9.17) is 4.98 Å². The van der Waals surface area contributed by atoms with Crippen molar-refractivity contribution < 1.29 is 14.3 Å². The smallest absolute Gasteiger partial charge is 0.325 e. The highest BCUT2D eigenvalue weighted by Gasteiger charge is 2.33. The third-order valence-electron chi connectivity index (χ3n) is 4.72. The monoisotopic (exact) mass is 362 g/mol. The van der Waals surface area contributed by atoms with E-state index in [2.05, 4.69) is 19.2 Å². The molecule has 25 heavy (non-hydrogen) atoms. The quantitative estimate of drug-likeness (QED) is 0.856. The summed E-state index contributed by atoms with van der Waals surface area (Å²) in [4.78, 5) is 18.6. The molecular formula is C19H23FN2O2S. The second kappa shape index (κ2) is 7.62. The molecule has 1 fully saturated rings. The number of benzene rings is 1. The SMILES string of the molecule is CC(C)c1csc(C2CCCN(C(C(=O)O)c3ccc(F)cc3)C2)n1. The van der Waals surface area contributed by atoms with E-state index in [-0.39, 0.29) is 11.7 Å². The van der Waals surface area contributed by atoms with E-state index in [0.717, 1.165) is 30.1 Å². The van der Waals surface area contributed by atoms with Crippen molar-refractivity contribution in [3.05, 3.63) is 51.7 Å². The first-order chi connectivity index (χ1) is 12.0. The van der Waals surface area contributed by atoms with Crippen LogP contribution in [0.25, 0.3) is 0 Å². The minimum absolute atomic E-state index is 0.258. The molecule has 0 saturated carbocycles. The molecule has 3 rings (SSSR count). The molecule has 0 aliphatic carbocycles. The van der Waals surface area contributed by atoms with Gasteiger partial charge in [-0.05, 0) is 43.0 Å². The Bertz CT molecular complexity index is 729. The van der Waals surface area contributed by atoms with Crippen LogP contribution in [-0.2, 0) is 4.79 Å². The number of hydrogen-bond donors (Lipinski definition) is 1. The van der Waals surface area contributed by atoms with E-state index in [1.54, 1.807) is 23.5 Å². The zero-order chi connectivity index (χ0) is 18.0. The Hall–Kier alpha value is -1.79. The summed E-state index contributed by atoms with van der Waals surface area (Å²) >= 11 is 1.67. The molecular weight excluding hydrogens is 339 g/mol. The fourth-order valence-corrected chi connectivity index (χ4v) is 4.46. The minimum atomic E-state index is -0.894. The van der Waals surface area contributed by atoms with Crippen LogP contribution >= 0.6 is 11.3 Å². The fourth-order valence-electron chi connectivity index (χ4n) is 3.35. The van der Waals surface area contributed by atoms with Gasteiger partial charge in [0.05, 0.1) is 10.7 Å². The van der Waals surface area contributed by atoms with Crippen molar-refractivity contribution in [2.24, 2.45) is 0 Å². The third-order valence-corrected chi connectivity index (χ3v) is 5.74. The van der Waals surface area contributed by atoms with E-state index in [9.17, 15) is 14.3 Å². The molecule has 1 saturated heterocycles. The van der Waals surface area contributed by atoms with Gasteiger partial charge in [-0.1, -0.05) is 26.0 Å². The molecule has 1 aromatic heterocycles. The van der Waals surface area contributed by atoms with Gasteiger partial charge in [0.1, 0.15) is 11.9 Å². The second-order valence-corrected chi connectivity index (χ2v) is 7.78. The number of rotatable bonds is 5. The lowest BCUT2D eigenvalue weighted by Gasteiger charge is -2.36. The average Bonchev–Trinajstić information content (AvgIpc) is 3.07. The number of likely N-dealkylation sites (tertiary alicyclic amines) is 1. The van der Waals surface area contributed by atoms with E-state index >= 15 is 0 Å². The van der Waals surface area contributed by atoms with Crippen molar-refractivity contribution in [2.45, 2.75) is 44.6 Å². The highest BCUT2D eigenvalue weighted by atomic mass is 32.1. The van der Waals surface area contributed by atoms with Crippen LogP contribution in [0.1, 0.15) is 60.8 Å². The van der Waals surface area contributed by atoms with Crippen LogP contribution in [0.4, 0.5) is 4.39 Å². The Morgan fingerprint density at radius 3 is 2.68 bits per heavy atom. The number of halogens is 1. The van der Waals surface area contributed by atoms with Gasteiger partial charge in [-0.15, -0.1) is 11.3 Å². The molecule has 0 amide bonds. The molecule has 1 N–H and O–H groups in total. The molecule has 2 unspecified atom stereocenters. The molecule has 1 aliphatic heterocycles. The summed E-state index contributed by atoms with van der Waals surface area (Å²) in [7, 11) is 0. The van der Waals surface area contributed by atoms with Crippen LogP contribution in [0.3, 0.4) is 0 Å². The van der Waals surface area contributed by atoms with Gasteiger partial charge in [0.2, 0.25) is 0 Å². The molecule has 1 aliphatic rings. The Kier molecular flexibility index (Phi) is 5.49. The maximum absolute atomic E-state index is 13.2. The largest absolute Gasteiger partial charge is 0.480 e. The minimum Gasteiger partial charge on any atom is -0.480 e. The first-order valence-corrected chi connectivity index (χ1v) is 9.51. The Morgan fingerprint density at radius 1 is 1.36 bits per heavy atom. The Morgan fingerprint density at radius 2 is 2.08 bits per heavy atom. The molecule has 6 heteroatoms. The summed E-state index contributed by atoms with van der Waals surface area (Å²) in [6, 6.07) is 5.04. The predicted octanol–water partition coefficient (Wildman–Crippen LogP) is 4.41. The van der Waals surface area contributed by atoms with Crippen LogP contribution < -0.4 is 0 Å². The van der Waals surface area contributed by atoms with Crippen LogP contribution in [0.15, 0.2) is 29.6 Å². The van der Waals surface area contributed by atoms with Crippen molar-refractivity contribution in [3.63, 3.8) is 0 Å². The molecule has 4 nitrogen and oxygen atoms in total. The molecule has 0 bridgehead atoms. The second-order valence-electron chi connectivity index (χ2n) is 6.89. The summed E-state index contributed by atoms with van der Waals surface area (Å²) in [5, 5.41) is 12.9. The van der Waals surface area contributed by atoms with Crippen LogP contribution in [0, 0.1) is 5.82 Å². The van der Waals surface area contributed by atoms with Crippen molar-refractivity contribution in [1.29, 1.82) is 0 Å². The third kappa shape index (κ3) is 4.07. The van der Waals surface area contributed by atoms with Crippen molar-refractivity contribution >= 4 is 17.3 Å². The summed E-state index contributed by atoms with van der Waals surface area (Å²) < 4.78 is 13.2. The lowest BCUT2D eigenvalue weighted by Crippen LogP contribution is -2.40. The molecule has 2 heterocycles. The summed E-state index contributed by atoms with van der Waals surface area (Å²) in [6.45, 7) is 5.65. The van der Waals surface area contributed by atoms with Crippen LogP contribution in [0.5, 0.6) is 0 Å². The number of carboxylic acid groups (broad SMARTS) is 1. The average molecular weight is 362 g/mol. The first kappa shape index (κ1) is 18.0. The van der Waals surface area contributed by atoms with Crippen molar-refractivity contribution in [1.82, 2.24) is 9.88 Å². The predicted molar refractivity (Wildman–Crippen MR) is 96.5 cm³/mol. The molecule has 134 valence electrons.